The van der Waals surface area contributed by atoms with Crippen molar-refractivity contribution >= 4 is 22.6 Å². The van der Waals surface area contributed by atoms with Gasteiger partial charge in [0.15, 0.2) is 11.8 Å². The topological polar surface area (TPSA) is 81.5 Å². The molecule has 1 unspecified atom stereocenters. The van der Waals surface area contributed by atoms with E-state index >= 15 is 0 Å². The molecule has 0 N–H and O–H groups in total. The molecule has 0 saturated carbocycles. The number of nitrogens with zero attached hydrogens (tertiary/aromatic N) is 3. The van der Waals surface area contributed by atoms with Crippen LogP contribution in [0.25, 0.3) is 10.8 Å². The van der Waals surface area contributed by atoms with Crippen LogP contribution in [0.3, 0.4) is 0 Å². The van der Waals surface area contributed by atoms with Crippen LogP contribution in [0.1, 0.15) is 50.0 Å². The molecule has 0 radical (unpaired) electrons. The summed E-state index contributed by atoms with van der Waals surface area (Å²) >= 11 is 0. The highest BCUT2D eigenvalue weighted by molar-refractivity contribution is 6.02. The number of aryl methyl sites for hydroxylation is 1. The number of hydrogen-bond acceptors (Lipinski definition) is 5. The van der Waals surface area contributed by atoms with Crippen LogP contribution in [-0.4, -0.2) is 45.8 Å². The summed E-state index contributed by atoms with van der Waals surface area (Å²) in [5.41, 5.74) is -0.194. The third-order valence-electron chi connectivity index (χ3n) is 4.91. The van der Waals surface area contributed by atoms with Gasteiger partial charge in [0.1, 0.15) is 0 Å². The van der Waals surface area contributed by atoms with Crippen molar-refractivity contribution in [1.82, 2.24) is 14.7 Å². The Labute approximate surface area is 157 Å². The van der Waals surface area contributed by atoms with Crippen molar-refractivity contribution in [3.63, 3.8) is 0 Å². The lowest BCUT2D eigenvalue weighted by Crippen LogP contribution is -2.40. The average Bonchev–Trinajstić information content (AvgIpc) is 2.97. The molecule has 7 heteroatoms. The minimum Gasteiger partial charge on any atom is -0.448 e. The lowest BCUT2D eigenvalue weighted by atomic mass is 10.1. The monoisotopic (exact) mass is 371 g/mol. The molecule has 2 aromatic rings. The third kappa shape index (κ3) is 4.02. The zero-order valence-electron chi connectivity index (χ0n) is 15.8. The van der Waals surface area contributed by atoms with Crippen LogP contribution < -0.4 is 5.56 Å². The molecule has 3 rings (SSSR count). The number of ether oxygens (including phenoxy) is 1. The number of benzene rings is 1. The van der Waals surface area contributed by atoms with E-state index in [1.165, 1.54) is 4.68 Å². The second kappa shape index (κ2) is 8.33. The Hall–Kier alpha value is -2.70. The first-order chi connectivity index (χ1) is 13.0. The Balaban J connectivity index is 1.84. The normalized spacial score (nSPS) is 16.0. The minimum atomic E-state index is -0.891. The molecule has 0 spiro atoms. The summed E-state index contributed by atoms with van der Waals surface area (Å²) < 4.78 is 6.67. The van der Waals surface area contributed by atoms with Crippen molar-refractivity contribution in [3.05, 3.63) is 40.3 Å². The van der Waals surface area contributed by atoms with Crippen molar-refractivity contribution < 1.29 is 14.3 Å². The highest BCUT2D eigenvalue weighted by Gasteiger charge is 2.26. The van der Waals surface area contributed by atoms with Crippen molar-refractivity contribution in [1.29, 1.82) is 0 Å². The van der Waals surface area contributed by atoms with Gasteiger partial charge in [0.2, 0.25) is 0 Å². The fourth-order valence-corrected chi connectivity index (χ4v) is 3.42. The van der Waals surface area contributed by atoms with Crippen LogP contribution >= 0.6 is 0 Å². The number of amides is 1. The maximum Gasteiger partial charge on any atom is 0.360 e. The number of likely N-dealkylation sites (tertiary alicyclic amines) is 1. The van der Waals surface area contributed by atoms with Crippen LogP contribution in [0.15, 0.2) is 29.1 Å². The predicted molar refractivity (Wildman–Crippen MR) is 102 cm³/mol. The van der Waals surface area contributed by atoms with Gasteiger partial charge in [0, 0.05) is 25.0 Å². The van der Waals surface area contributed by atoms with Gasteiger partial charge in [0.05, 0.1) is 5.39 Å². The van der Waals surface area contributed by atoms with Crippen LogP contribution in [0.5, 0.6) is 0 Å². The fourth-order valence-electron chi connectivity index (χ4n) is 3.42. The lowest BCUT2D eigenvalue weighted by molar-refractivity contribution is -0.139. The molecule has 1 aromatic heterocycles. The van der Waals surface area contributed by atoms with E-state index in [4.69, 9.17) is 4.74 Å². The molecule has 7 nitrogen and oxygen atoms in total. The van der Waals surface area contributed by atoms with Gasteiger partial charge in [-0.05, 0) is 32.8 Å². The van der Waals surface area contributed by atoms with E-state index in [2.05, 4.69) is 5.10 Å². The lowest BCUT2D eigenvalue weighted by Gasteiger charge is -2.24. The van der Waals surface area contributed by atoms with E-state index < -0.39 is 12.1 Å². The summed E-state index contributed by atoms with van der Waals surface area (Å²) in [5.74, 6) is -0.873. The van der Waals surface area contributed by atoms with Crippen molar-refractivity contribution in [2.24, 2.45) is 0 Å². The van der Waals surface area contributed by atoms with Crippen LogP contribution in [0, 0.1) is 0 Å². The predicted octanol–water partition coefficient (Wildman–Crippen LogP) is 2.36. The summed E-state index contributed by atoms with van der Waals surface area (Å²) in [6, 6.07) is 6.81. The van der Waals surface area contributed by atoms with Gasteiger partial charge >= 0.3 is 5.97 Å². The number of hydrogen-bond donors (Lipinski definition) is 0. The van der Waals surface area contributed by atoms with E-state index in [1.807, 2.05) is 0 Å². The maximum absolute atomic E-state index is 12.7. The third-order valence-corrected chi connectivity index (χ3v) is 4.91. The summed E-state index contributed by atoms with van der Waals surface area (Å²) in [7, 11) is 0. The van der Waals surface area contributed by atoms with Gasteiger partial charge < -0.3 is 9.64 Å². The van der Waals surface area contributed by atoms with Crippen molar-refractivity contribution in [2.75, 3.05) is 13.1 Å². The van der Waals surface area contributed by atoms with Gasteiger partial charge in [-0.2, -0.15) is 5.10 Å². The molecule has 0 aliphatic carbocycles. The standard InChI is InChI=1S/C20H25N3O4/c1-3-23-19(25)16-11-7-6-10-15(16)17(21-23)20(26)27-14(2)18(24)22-12-8-4-5-9-13-22/h6-7,10-11,14H,3-5,8-9,12-13H2,1-2H3. The molecular formula is C20H25N3O4. The Morgan fingerprint density at radius 1 is 1.11 bits per heavy atom. The molecular weight excluding hydrogens is 346 g/mol. The van der Waals surface area contributed by atoms with Crippen LogP contribution in [0.4, 0.5) is 0 Å². The smallest absolute Gasteiger partial charge is 0.360 e. The van der Waals surface area contributed by atoms with E-state index in [0.29, 0.717) is 30.4 Å². The average molecular weight is 371 g/mol. The van der Waals surface area contributed by atoms with E-state index in [9.17, 15) is 14.4 Å². The quantitative estimate of drug-likeness (QED) is 0.771. The molecule has 1 saturated heterocycles. The molecule has 1 amide bonds. The number of aromatic nitrogens is 2. The van der Waals surface area contributed by atoms with Crippen molar-refractivity contribution in [2.45, 2.75) is 52.2 Å². The fraction of sp³-hybridized carbons (Fsp3) is 0.500. The first-order valence-electron chi connectivity index (χ1n) is 9.52. The SMILES string of the molecule is CCn1nc(C(=O)OC(C)C(=O)N2CCCCCC2)c2ccccc2c1=O. The number of rotatable bonds is 4. The Morgan fingerprint density at radius 3 is 2.37 bits per heavy atom. The maximum atomic E-state index is 12.7. The van der Waals surface area contributed by atoms with Gasteiger partial charge in [-0.15, -0.1) is 0 Å². The van der Waals surface area contributed by atoms with Gasteiger partial charge in [-0.25, -0.2) is 9.48 Å². The van der Waals surface area contributed by atoms with E-state index in [1.54, 1.807) is 43.0 Å². The second-order valence-corrected chi connectivity index (χ2v) is 6.80. The number of carbonyl (C=O) groups excluding carboxylic acids is 2. The zero-order valence-corrected chi connectivity index (χ0v) is 15.8. The van der Waals surface area contributed by atoms with Crippen LogP contribution in [0.2, 0.25) is 0 Å². The van der Waals surface area contributed by atoms with E-state index in [0.717, 1.165) is 25.7 Å². The first-order valence-corrected chi connectivity index (χ1v) is 9.52. The zero-order chi connectivity index (χ0) is 19.4. The molecule has 144 valence electrons. The molecule has 1 atom stereocenters. The van der Waals surface area contributed by atoms with Gasteiger partial charge in [-0.3, -0.25) is 9.59 Å². The van der Waals surface area contributed by atoms with Gasteiger partial charge in [-0.1, -0.05) is 31.0 Å². The Bertz CT molecular complexity index is 898. The minimum absolute atomic E-state index is 0.0579. The molecule has 2 heterocycles. The van der Waals surface area contributed by atoms with Crippen LogP contribution in [-0.2, 0) is 16.1 Å². The van der Waals surface area contributed by atoms with Crippen molar-refractivity contribution in [3.8, 4) is 0 Å². The molecule has 1 aromatic carbocycles. The molecule has 27 heavy (non-hydrogen) atoms. The number of fused-ring (bicyclic) bond motifs is 1. The summed E-state index contributed by atoms with van der Waals surface area (Å²) in [4.78, 5) is 39.5. The van der Waals surface area contributed by atoms with E-state index in [-0.39, 0.29) is 17.2 Å². The molecule has 1 aliphatic rings. The summed E-state index contributed by atoms with van der Waals surface area (Å²) in [5, 5.41) is 5.01. The number of esters is 1. The summed E-state index contributed by atoms with van der Waals surface area (Å²) in [6.07, 6.45) is 3.29. The highest BCUT2D eigenvalue weighted by atomic mass is 16.5. The van der Waals surface area contributed by atoms with Gasteiger partial charge in [0.25, 0.3) is 11.5 Å². The largest absolute Gasteiger partial charge is 0.448 e. The Morgan fingerprint density at radius 2 is 1.74 bits per heavy atom. The highest BCUT2D eigenvalue weighted by Crippen LogP contribution is 2.16. The molecule has 0 bridgehead atoms. The summed E-state index contributed by atoms with van der Waals surface area (Å²) in [6.45, 7) is 5.10. The molecule has 1 fully saturated rings. The molecule has 1 aliphatic heterocycles. The first kappa shape index (κ1) is 19.1. The second-order valence-electron chi connectivity index (χ2n) is 6.80. The number of carbonyl (C=O) groups is 2. The Kier molecular flexibility index (Phi) is 5.88.